The lowest BCUT2D eigenvalue weighted by Crippen LogP contribution is -2.16. The average molecular weight is 349 g/mol. The Morgan fingerprint density at radius 3 is 2.38 bits per heavy atom. The Labute approximate surface area is 130 Å². The summed E-state index contributed by atoms with van der Waals surface area (Å²) in [6.45, 7) is 0. The molecule has 0 aliphatic heterocycles. The van der Waals surface area contributed by atoms with E-state index in [1.165, 1.54) is 25.3 Å². The lowest BCUT2D eigenvalue weighted by atomic mass is 10.1. The van der Waals surface area contributed by atoms with Crippen LogP contribution in [0.3, 0.4) is 0 Å². The van der Waals surface area contributed by atoms with Gasteiger partial charge in [-0.2, -0.15) is 0 Å². The van der Waals surface area contributed by atoms with E-state index in [1.807, 2.05) is 12.1 Å². The molecule has 0 fully saturated rings. The molecule has 0 atom stereocenters. The summed E-state index contributed by atoms with van der Waals surface area (Å²) in [5.74, 6) is -0.609. The van der Waals surface area contributed by atoms with Crippen molar-refractivity contribution in [2.45, 2.75) is 0 Å². The number of anilines is 1. The molecule has 2 aromatic carbocycles. The molecule has 0 radical (unpaired) electrons. The Morgan fingerprint density at radius 1 is 1.14 bits per heavy atom. The molecule has 2 amide bonds. The van der Waals surface area contributed by atoms with E-state index in [2.05, 4.69) is 21.2 Å². The van der Waals surface area contributed by atoms with Crippen molar-refractivity contribution in [3.8, 4) is 5.75 Å². The Morgan fingerprint density at radius 2 is 1.81 bits per heavy atom. The van der Waals surface area contributed by atoms with Crippen molar-refractivity contribution in [2.75, 3.05) is 12.4 Å². The van der Waals surface area contributed by atoms with Crippen LogP contribution in [0, 0.1) is 0 Å². The van der Waals surface area contributed by atoms with E-state index in [0.29, 0.717) is 11.4 Å². The van der Waals surface area contributed by atoms with E-state index in [-0.39, 0.29) is 17.0 Å². The topological polar surface area (TPSA) is 81.4 Å². The zero-order valence-electron chi connectivity index (χ0n) is 11.2. The quantitative estimate of drug-likeness (QED) is 0.891. The highest BCUT2D eigenvalue weighted by Crippen LogP contribution is 2.22. The van der Waals surface area contributed by atoms with Crippen molar-refractivity contribution in [1.82, 2.24) is 0 Å². The number of rotatable bonds is 4. The number of nitrogens with one attached hydrogen (secondary N) is 1. The van der Waals surface area contributed by atoms with Crippen molar-refractivity contribution < 1.29 is 14.3 Å². The van der Waals surface area contributed by atoms with E-state index >= 15 is 0 Å². The molecule has 21 heavy (non-hydrogen) atoms. The molecule has 0 aliphatic carbocycles. The molecular formula is C15H13BrN2O3. The van der Waals surface area contributed by atoms with Gasteiger partial charge in [0.25, 0.3) is 5.91 Å². The number of nitrogens with two attached hydrogens (primary N) is 1. The number of hydrogen-bond donors (Lipinski definition) is 2. The molecule has 0 aromatic heterocycles. The molecule has 108 valence electrons. The Kier molecular flexibility index (Phi) is 4.59. The van der Waals surface area contributed by atoms with Gasteiger partial charge in [-0.05, 0) is 42.5 Å². The van der Waals surface area contributed by atoms with Crippen molar-refractivity contribution in [2.24, 2.45) is 5.73 Å². The van der Waals surface area contributed by atoms with E-state index in [1.54, 1.807) is 12.1 Å². The Bertz CT molecular complexity index is 684. The summed E-state index contributed by atoms with van der Waals surface area (Å²) in [5, 5.41) is 2.73. The predicted molar refractivity (Wildman–Crippen MR) is 83.6 cm³/mol. The number of amides is 2. The van der Waals surface area contributed by atoms with Crippen molar-refractivity contribution in [1.29, 1.82) is 0 Å². The molecule has 0 spiro atoms. The smallest absolute Gasteiger partial charge is 0.259 e. The molecule has 0 unspecified atom stereocenters. The minimum absolute atomic E-state index is 0.247. The van der Waals surface area contributed by atoms with Crippen LogP contribution < -0.4 is 15.8 Å². The van der Waals surface area contributed by atoms with Crippen LogP contribution in [0.1, 0.15) is 20.7 Å². The zero-order chi connectivity index (χ0) is 15.4. The standard InChI is InChI=1S/C15H13BrN2O3/c1-21-13-7-2-9(14(17)19)8-12(13)15(20)18-11-5-3-10(16)4-6-11/h2-8H,1H3,(H2,17,19)(H,18,20). The van der Waals surface area contributed by atoms with Gasteiger partial charge >= 0.3 is 0 Å². The van der Waals surface area contributed by atoms with Crippen LogP contribution in [-0.4, -0.2) is 18.9 Å². The van der Waals surface area contributed by atoms with Gasteiger partial charge in [0.15, 0.2) is 0 Å². The molecule has 2 rings (SSSR count). The second-order valence-electron chi connectivity index (χ2n) is 4.24. The summed E-state index contributed by atoms with van der Waals surface area (Å²) in [6.07, 6.45) is 0. The number of hydrogen-bond acceptors (Lipinski definition) is 3. The summed E-state index contributed by atoms with van der Waals surface area (Å²) < 4.78 is 6.05. The minimum Gasteiger partial charge on any atom is -0.496 e. The fraction of sp³-hybridized carbons (Fsp3) is 0.0667. The van der Waals surface area contributed by atoms with Gasteiger partial charge in [-0.3, -0.25) is 9.59 Å². The lowest BCUT2D eigenvalue weighted by molar-refractivity contribution is 0.1000. The fourth-order valence-corrected chi connectivity index (χ4v) is 2.03. The van der Waals surface area contributed by atoms with Gasteiger partial charge in [0.1, 0.15) is 5.75 Å². The second-order valence-corrected chi connectivity index (χ2v) is 5.16. The number of methoxy groups -OCH3 is 1. The average Bonchev–Trinajstić information content (AvgIpc) is 2.48. The Hall–Kier alpha value is -2.34. The molecule has 0 saturated carbocycles. The summed E-state index contributed by atoms with van der Waals surface area (Å²) >= 11 is 3.32. The first kappa shape index (κ1) is 15.1. The molecule has 6 heteroatoms. The first-order valence-corrected chi connectivity index (χ1v) is 6.85. The number of ether oxygens (including phenoxy) is 1. The third kappa shape index (κ3) is 3.61. The summed E-state index contributed by atoms with van der Waals surface area (Å²) in [5.41, 5.74) is 6.35. The van der Waals surface area contributed by atoms with Crippen LogP contribution in [0.25, 0.3) is 0 Å². The molecule has 2 aromatic rings. The summed E-state index contributed by atoms with van der Waals surface area (Å²) in [7, 11) is 1.45. The third-order valence-corrected chi connectivity index (χ3v) is 3.36. The highest BCUT2D eigenvalue weighted by Gasteiger charge is 2.15. The van der Waals surface area contributed by atoms with Crippen LogP contribution >= 0.6 is 15.9 Å². The van der Waals surface area contributed by atoms with Crippen molar-refractivity contribution >= 4 is 33.4 Å². The maximum absolute atomic E-state index is 12.3. The van der Waals surface area contributed by atoms with Crippen molar-refractivity contribution in [3.63, 3.8) is 0 Å². The van der Waals surface area contributed by atoms with Crippen molar-refractivity contribution in [3.05, 3.63) is 58.1 Å². The van der Waals surface area contributed by atoms with Gasteiger partial charge in [0, 0.05) is 15.7 Å². The fourth-order valence-electron chi connectivity index (χ4n) is 1.77. The maximum atomic E-state index is 12.3. The molecule has 0 saturated heterocycles. The van der Waals surface area contributed by atoms with Crippen LogP contribution in [0.2, 0.25) is 0 Å². The van der Waals surface area contributed by atoms with Crippen LogP contribution in [-0.2, 0) is 0 Å². The predicted octanol–water partition coefficient (Wildman–Crippen LogP) is 2.81. The molecule has 0 bridgehead atoms. The third-order valence-electron chi connectivity index (χ3n) is 2.83. The summed E-state index contributed by atoms with van der Waals surface area (Å²) in [6, 6.07) is 11.6. The SMILES string of the molecule is COc1ccc(C(N)=O)cc1C(=O)Nc1ccc(Br)cc1. The maximum Gasteiger partial charge on any atom is 0.259 e. The monoisotopic (exact) mass is 348 g/mol. The van der Waals surface area contributed by atoms with Crippen LogP contribution in [0.4, 0.5) is 5.69 Å². The number of primary amides is 1. The van der Waals surface area contributed by atoms with E-state index in [4.69, 9.17) is 10.5 Å². The number of carbonyl (C=O) groups is 2. The largest absolute Gasteiger partial charge is 0.496 e. The second kappa shape index (κ2) is 6.41. The molecule has 3 N–H and O–H groups in total. The molecule has 5 nitrogen and oxygen atoms in total. The summed E-state index contributed by atoms with van der Waals surface area (Å²) in [4.78, 5) is 23.5. The van der Waals surface area contributed by atoms with Crippen LogP contribution in [0.15, 0.2) is 46.9 Å². The molecule has 0 aliphatic rings. The Balaban J connectivity index is 2.30. The van der Waals surface area contributed by atoms with E-state index in [9.17, 15) is 9.59 Å². The van der Waals surface area contributed by atoms with Gasteiger partial charge in [-0.25, -0.2) is 0 Å². The molecule has 0 heterocycles. The van der Waals surface area contributed by atoms with Gasteiger partial charge < -0.3 is 15.8 Å². The first-order valence-electron chi connectivity index (χ1n) is 6.06. The lowest BCUT2D eigenvalue weighted by Gasteiger charge is -2.10. The molecular weight excluding hydrogens is 336 g/mol. The van der Waals surface area contributed by atoms with Crippen LogP contribution in [0.5, 0.6) is 5.75 Å². The van der Waals surface area contributed by atoms with Gasteiger partial charge in [0.05, 0.1) is 12.7 Å². The van der Waals surface area contributed by atoms with Gasteiger partial charge in [0.2, 0.25) is 5.91 Å². The highest BCUT2D eigenvalue weighted by molar-refractivity contribution is 9.10. The highest BCUT2D eigenvalue weighted by atomic mass is 79.9. The number of halogens is 1. The first-order chi connectivity index (χ1) is 10.0. The van der Waals surface area contributed by atoms with Gasteiger partial charge in [-0.1, -0.05) is 15.9 Å². The van der Waals surface area contributed by atoms with E-state index < -0.39 is 5.91 Å². The normalized spacial score (nSPS) is 10.0. The van der Waals surface area contributed by atoms with Gasteiger partial charge in [-0.15, -0.1) is 0 Å². The minimum atomic E-state index is -0.602. The van der Waals surface area contributed by atoms with E-state index in [0.717, 1.165) is 4.47 Å². The zero-order valence-corrected chi connectivity index (χ0v) is 12.8. The number of benzene rings is 2. The number of carbonyl (C=O) groups excluding carboxylic acids is 2.